The van der Waals surface area contributed by atoms with Crippen LogP contribution >= 0.6 is 0 Å². The number of nitrogens with zero attached hydrogens (tertiary/aromatic N) is 1. The zero-order chi connectivity index (χ0) is 27.1. The van der Waals surface area contributed by atoms with E-state index in [0.29, 0.717) is 17.2 Å². The second-order valence-electron chi connectivity index (χ2n) is 9.60. The smallest absolute Gasteiger partial charge is 0.220 e. The maximum absolute atomic E-state index is 9.85. The second kappa shape index (κ2) is 9.93. The summed E-state index contributed by atoms with van der Waals surface area (Å²) in [6.07, 6.45) is 2.07. The number of aryl methyl sites for hydroxylation is 1. The molecule has 0 amide bonds. The van der Waals surface area contributed by atoms with Crippen molar-refractivity contribution >= 4 is 32.4 Å². The quantitative estimate of drug-likeness (QED) is 0.195. The number of ether oxygens (including phenoxy) is 3. The van der Waals surface area contributed by atoms with Gasteiger partial charge in [-0.25, -0.2) is 0 Å². The number of aromatic nitrogens is 1. The number of methoxy groups -OCH3 is 3. The van der Waals surface area contributed by atoms with E-state index in [1.54, 1.807) is 21.3 Å². The van der Waals surface area contributed by atoms with Crippen LogP contribution < -0.4 is 18.8 Å². The number of pyridine rings is 1. The molecule has 0 saturated carbocycles. The Bertz CT molecular complexity index is 1840. The standard InChI is InChI=1S/C34H30NO4/c1-35-19-29-25(15-14-24(20-36)33(29)38-3)27-17-16-26-28(32(27)35)18-30(37-2)34(39-4)31(26)23-12-10-22(11-13-23)21-8-6-5-7-9-21/h5-19,36H,20H2,1-4H3/q+1. The summed E-state index contributed by atoms with van der Waals surface area (Å²) in [6.45, 7) is -0.0813. The zero-order valence-corrected chi connectivity index (χ0v) is 22.5. The van der Waals surface area contributed by atoms with Gasteiger partial charge in [0, 0.05) is 21.9 Å². The van der Waals surface area contributed by atoms with E-state index < -0.39 is 0 Å². The van der Waals surface area contributed by atoms with Gasteiger partial charge in [0.05, 0.1) is 44.1 Å². The maximum Gasteiger partial charge on any atom is 0.220 e. The Morgan fingerprint density at radius 1 is 0.615 bits per heavy atom. The number of aliphatic hydroxyl groups excluding tert-OH is 1. The SMILES string of the molecule is COc1cc2c(ccc3c4ccc(CO)c(OC)c4c[n+](C)c23)c(-c2ccc(-c3ccccc3)cc2)c1OC. The summed E-state index contributed by atoms with van der Waals surface area (Å²) >= 11 is 0. The normalized spacial score (nSPS) is 11.3. The number of aliphatic hydroxyl groups is 1. The Balaban J connectivity index is 1.66. The fourth-order valence-corrected chi connectivity index (χ4v) is 5.74. The molecular formula is C34H30NO4+. The molecule has 194 valence electrons. The molecule has 0 radical (unpaired) electrons. The number of rotatable bonds is 6. The summed E-state index contributed by atoms with van der Waals surface area (Å²) < 4.78 is 19.6. The molecule has 5 aromatic carbocycles. The van der Waals surface area contributed by atoms with E-state index in [4.69, 9.17) is 14.2 Å². The van der Waals surface area contributed by atoms with Crippen LogP contribution in [0.1, 0.15) is 5.56 Å². The molecule has 0 spiro atoms. The first-order valence-electron chi connectivity index (χ1n) is 12.9. The molecule has 0 unspecified atom stereocenters. The first kappa shape index (κ1) is 24.7. The summed E-state index contributed by atoms with van der Waals surface area (Å²) in [6, 6.07) is 29.3. The van der Waals surface area contributed by atoms with Gasteiger partial charge in [0.2, 0.25) is 5.52 Å². The minimum Gasteiger partial charge on any atom is -0.495 e. The van der Waals surface area contributed by atoms with E-state index in [-0.39, 0.29) is 6.61 Å². The Morgan fingerprint density at radius 3 is 1.92 bits per heavy atom. The van der Waals surface area contributed by atoms with Crippen molar-refractivity contribution in [1.29, 1.82) is 0 Å². The molecule has 6 aromatic rings. The van der Waals surface area contributed by atoms with Crippen molar-refractivity contribution in [2.24, 2.45) is 7.05 Å². The lowest BCUT2D eigenvalue weighted by Crippen LogP contribution is -2.28. The van der Waals surface area contributed by atoms with Crippen LogP contribution in [0.4, 0.5) is 0 Å². The molecule has 1 heterocycles. The van der Waals surface area contributed by atoms with Gasteiger partial charge < -0.3 is 19.3 Å². The molecule has 5 heteroatoms. The van der Waals surface area contributed by atoms with Crippen LogP contribution in [0.25, 0.3) is 54.7 Å². The molecule has 5 nitrogen and oxygen atoms in total. The van der Waals surface area contributed by atoms with Gasteiger partial charge in [-0.15, -0.1) is 0 Å². The highest BCUT2D eigenvalue weighted by atomic mass is 16.5. The Morgan fingerprint density at radius 2 is 1.26 bits per heavy atom. The molecule has 0 aliphatic carbocycles. The van der Waals surface area contributed by atoms with Crippen LogP contribution in [0.3, 0.4) is 0 Å². The van der Waals surface area contributed by atoms with Gasteiger partial charge in [0.15, 0.2) is 17.7 Å². The van der Waals surface area contributed by atoms with Crippen LogP contribution in [0.2, 0.25) is 0 Å². The van der Waals surface area contributed by atoms with Crippen molar-refractivity contribution in [3.05, 3.63) is 96.7 Å². The molecule has 0 fully saturated rings. The molecule has 1 N–H and O–H groups in total. The van der Waals surface area contributed by atoms with Crippen molar-refractivity contribution in [3.63, 3.8) is 0 Å². The predicted molar refractivity (Wildman–Crippen MR) is 157 cm³/mol. The number of fused-ring (bicyclic) bond motifs is 5. The number of benzene rings is 5. The topological polar surface area (TPSA) is 51.8 Å². The fourth-order valence-electron chi connectivity index (χ4n) is 5.74. The van der Waals surface area contributed by atoms with E-state index in [1.807, 2.05) is 19.2 Å². The molecule has 0 aliphatic heterocycles. The monoisotopic (exact) mass is 516 g/mol. The highest BCUT2D eigenvalue weighted by Crippen LogP contribution is 2.46. The lowest BCUT2D eigenvalue weighted by atomic mass is 9.92. The third-order valence-electron chi connectivity index (χ3n) is 7.54. The van der Waals surface area contributed by atoms with Crippen molar-refractivity contribution in [3.8, 4) is 39.5 Å². The van der Waals surface area contributed by atoms with E-state index in [9.17, 15) is 5.11 Å². The van der Waals surface area contributed by atoms with Gasteiger partial charge >= 0.3 is 0 Å². The van der Waals surface area contributed by atoms with Gasteiger partial charge in [-0.05, 0) is 28.8 Å². The van der Waals surface area contributed by atoms with E-state index in [0.717, 1.165) is 54.7 Å². The Labute approximate surface area is 227 Å². The maximum atomic E-state index is 9.85. The van der Waals surface area contributed by atoms with Gasteiger partial charge in [-0.2, -0.15) is 4.57 Å². The van der Waals surface area contributed by atoms with Gasteiger partial charge in [0.1, 0.15) is 12.8 Å². The third kappa shape index (κ3) is 3.94. The van der Waals surface area contributed by atoms with E-state index in [2.05, 4.69) is 83.6 Å². The highest BCUT2D eigenvalue weighted by molar-refractivity contribution is 6.18. The molecule has 0 saturated heterocycles. The molecule has 0 bridgehead atoms. The summed E-state index contributed by atoms with van der Waals surface area (Å²) in [5.74, 6) is 2.07. The van der Waals surface area contributed by atoms with Gasteiger partial charge in [0.25, 0.3) is 0 Å². The van der Waals surface area contributed by atoms with Crippen molar-refractivity contribution < 1.29 is 23.9 Å². The van der Waals surface area contributed by atoms with Gasteiger partial charge in [-0.3, -0.25) is 0 Å². The molecule has 1 aromatic heterocycles. The second-order valence-corrected chi connectivity index (χ2v) is 9.60. The number of hydrogen-bond donors (Lipinski definition) is 1. The Kier molecular flexibility index (Phi) is 6.29. The summed E-state index contributed by atoms with van der Waals surface area (Å²) in [5.41, 5.74) is 6.20. The summed E-state index contributed by atoms with van der Waals surface area (Å²) in [7, 11) is 7.04. The largest absolute Gasteiger partial charge is 0.495 e. The van der Waals surface area contributed by atoms with Gasteiger partial charge in [-0.1, -0.05) is 72.8 Å². The first-order chi connectivity index (χ1) is 19.1. The van der Waals surface area contributed by atoms with Crippen LogP contribution in [0.5, 0.6) is 17.2 Å². The minimum absolute atomic E-state index is 0.0813. The molecule has 39 heavy (non-hydrogen) atoms. The van der Waals surface area contributed by atoms with Crippen molar-refractivity contribution in [2.45, 2.75) is 6.61 Å². The van der Waals surface area contributed by atoms with Crippen LogP contribution in [0, 0.1) is 0 Å². The van der Waals surface area contributed by atoms with Crippen LogP contribution in [0.15, 0.2) is 91.1 Å². The molecule has 6 rings (SSSR count). The van der Waals surface area contributed by atoms with Crippen molar-refractivity contribution in [2.75, 3.05) is 21.3 Å². The lowest BCUT2D eigenvalue weighted by Gasteiger charge is -2.18. The fraction of sp³-hybridized carbons (Fsp3) is 0.147. The molecular weight excluding hydrogens is 486 g/mol. The van der Waals surface area contributed by atoms with E-state index in [1.165, 1.54) is 5.56 Å². The summed E-state index contributed by atoms with van der Waals surface area (Å²) in [5, 5.41) is 15.1. The third-order valence-corrected chi connectivity index (χ3v) is 7.54. The lowest BCUT2D eigenvalue weighted by molar-refractivity contribution is -0.642. The van der Waals surface area contributed by atoms with Crippen molar-refractivity contribution in [1.82, 2.24) is 0 Å². The minimum atomic E-state index is -0.0813. The average Bonchev–Trinajstić information content (AvgIpc) is 2.99. The highest BCUT2D eigenvalue weighted by Gasteiger charge is 2.23. The molecule has 0 aliphatic rings. The zero-order valence-electron chi connectivity index (χ0n) is 22.5. The molecule has 0 atom stereocenters. The van der Waals surface area contributed by atoms with Crippen LogP contribution in [-0.2, 0) is 13.7 Å². The van der Waals surface area contributed by atoms with Crippen LogP contribution in [-0.4, -0.2) is 26.4 Å². The Hall–Kier alpha value is -4.61. The average molecular weight is 517 g/mol. The number of hydrogen-bond acceptors (Lipinski definition) is 4. The first-order valence-corrected chi connectivity index (χ1v) is 12.9. The van der Waals surface area contributed by atoms with E-state index >= 15 is 0 Å². The predicted octanol–water partition coefficient (Wildman–Crippen LogP) is 6.82. The summed E-state index contributed by atoms with van der Waals surface area (Å²) in [4.78, 5) is 0.